The van der Waals surface area contributed by atoms with Crippen molar-refractivity contribution in [2.24, 2.45) is 0 Å². The van der Waals surface area contributed by atoms with Crippen molar-refractivity contribution in [3.05, 3.63) is 97.6 Å². The summed E-state index contributed by atoms with van der Waals surface area (Å²) in [6, 6.07) is 23.1. The fourth-order valence-corrected chi connectivity index (χ4v) is 7.27. The van der Waals surface area contributed by atoms with Crippen LogP contribution in [-0.4, -0.2) is 93.6 Å². The number of halogens is 8. The summed E-state index contributed by atoms with van der Waals surface area (Å²) in [4.78, 5) is 14.4. The maximum atomic E-state index is 9.75. The molecule has 28 heteroatoms. The molecule has 4 heterocycles. The number of hydrogen-bond acceptors (Lipinski definition) is 11. The summed E-state index contributed by atoms with van der Waals surface area (Å²) >= 11 is 0. The third-order valence-corrected chi connectivity index (χ3v) is 11.0. The van der Waals surface area contributed by atoms with Crippen LogP contribution in [0.5, 0.6) is 0 Å². The van der Waals surface area contributed by atoms with Crippen LogP contribution in [-0.2, 0) is 52.7 Å². The maximum Gasteiger partial charge on any atom is 0.673 e. The first kappa shape index (κ1) is 61.7. The molecule has 0 aliphatic heterocycles. The van der Waals surface area contributed by atoms with E-state index in [1.165, 1.54) is 0 Å². The summed E-state index contributed by atoms with van der Waals surface area (Å²) < 4.78 is 119. The SMILES string of the molecule is CO.CO[PH+](OC)c1cccc[nH+]1.CO[PH+](OC)c1cccc[nH+]1.CO[PH+](OC)c1ccccn1.CO[PH+](OC)c1ccccn1.F[B-](F)(F)F.F[B-](F)(F)F.[Ni]. The van der Waals surface area contributed by atoms with Crippen molar-refractivity contribution in [3.63, 3.8) is 0 Å². The van der Waals surface area contributed by atoms with Crippen LogP contribution >= 0.6 is 33.5 Å². The zero-order valence-electron chi connectivity index (χ0n) is 32.3. The monoisotopic (exact) mass is 954 g/mol. The molecule has 0 aliphatic carbocycles. The summed E-state index contributed by atoms with van der Waals surface area (Å²) in [5, 5.41) is 7.00. The minimum atomic E-state index is -6.00. The van der Waals surface area contributed by atoms with Crippen LogP contribution in [0.1, 0.15) is 0 Å². The van der Waals surface area contributed by atoms with Crippen molar-refractivity contribution in [1.82, 2.24) is 9.97 Å². The Morgan fingerprint density at radius 3 is 0.860 bits per heavy atom. The van der Waals surface area contributed by atoms with Gasteiger partial charge in [-0.25, -0.2) is 46.2 Å². The van der Waals surface area contributed by atoms with E-state index in [0.717, 1.165) is 28.8 Å². The van der Waals surface area contributed by atoms with Crippen molar-refractivity contribution < 1.29 is 102 Å². The normalized spacial score (nSPS) is 10.3. The van der Waals surface area contributed by atoms with Crippen LogP contribution in [0.15, 0.2) is 97.6 Å². The molecule has 0 saturated carbocycles. The molecule has 4 rings (SSSR count). The molecule has 0 aliphatic rings. The Kier molecular flexibility index (Phi) is 42.7. The molecule has 0 spiro atoms. The quantitative estimate of drug-likeness (QED) is 0.113. The second-order valence-corrected chi connectivity index (χ2v) is 16.4. The van der Waals surface area contributed by atoms with E-state index in [0.29, 0.717) is 0 Å². The van der Waals surface area contributed by atoms with Gasteiger partial charge in [-0.3, -0.25) is 0 Å². The summed E-state index contributed by atoms with van der Waals surface area (Å²) in [6.45, 7) is 0. The largest absolute Gasteiger partial charge is 0.673 e. The number of hydrogen-bond donors (Lipinski definition) is 1. The van der Waals surface area contributed by atoms with E-state index in [-0.39, 0.29) is 16.5 Å². The molecule has 0 fully saturated rings. The predicted octanol–water partition coefficient (Wildman–Crippen LogP) is 5.22. The van der Waals surface area contributed by atoms with Gasteiger partial charge in [0.05, 0.1) is 69.0 Å². The molecule has 4 aromatic heterocycles. The van der Waals surface area contributed by atoms with E-state index in [1.807, 2.05) is 85.2 Å². The summed E-state index contributed by atoms with van der Waals surface area (Å²) in [5.74, 6) is 0. The zero-order chi connectivity index (χ0) is 43.4. The topological polar surface area (TPSA) is 148 Å². The van der Waals surface area contributed by atoms with Gasteiger partial charge in [-0.2, -0.15) is 9.97 Å². The smallest absolute Gasteiger partial charge is 0.418 e. The third-order valence-electron chi connectivity index (χ3n) is 5.09. The van der Waals surface area contributed by atoms with Crippen molar-refractivity contribution in [2.75, 3.05) is 64.0 Å². The first-order valence-corrected chi connectivity index (χ1v) is 20.6. The number of nitrogens with zero attached hydrogens (tertiary/aromatic N) is 2. The van der Waals surface area contributed by atoms with E-state index in [4.69, 9.17) is 41.3 Å². The van der Waals surface area contributed by atoms with Crippen molar-refractivity contribution in [1.29, 1.82) is 0 Å². The Morgan fingerprint density at radius 1 is 0.439 bits per heavy atom. The van der Waals surface area contributed by atoms with E-state index >= 15 is 0 Å². The second kappa shape index (κ2) is 39.5. The number of rotatable bonds is 12. The molecule has 0 amide bonds. The molecular weight excluding hydrogens is 905 g/mol. The van der Waals surface area contributed by atoms with E-state index in [2.05, 4.69) is 19.9 Å². The second-order valence-electron chi connectivity index (χ2n) is 8.76. The third kappa shape index (κ3) is 38.0. The minimum absolute atomic E-state index is 0. The number of H-pyrrole nitrogens is 2. The van der Waals surface area contributed by atoms with Crippen LogP contribution in [0.4, 0.5) is 34.5 Å². The molecule has 0 radical (unpaired) electrons. The molecule has 0 aromatic carbocycles. The molecule has 4 aromatic rings. The number of aromatic amines is 2. The number of nitrogens with one attached hydrogen (secondary N) is 2. The Bertz CT molecular complexity index is 1200. The Morgan fingerprint density at radius 2 is 0.684 bits per heavy atom. The van der Waals surface area contributed by atoms with Gasteiger partial charge in [-0.15, -0.1) is 0 Å². The van der Waals surface area contributed by atoms with Crippen LogP contribution in [0.2, 0.25) is 0 Å². The average molecular weight is 955 g/mol. The Balaban J connectivity index is -0.000000299. The van der Waals surface area contributed by atoms with Gasteiger partial charge in [0.15, 0.2) is 12.4 Å². The summed E-state index contributed by atoms with van der Waals surface area (Å²) in [7, 11) is -3.01. The summed E-state index contributed by atoms with van der Waals surface area (Å²) in [5.41, 5.74) is 3.81. The van der Waals surface area contributed by atoms with Crippen LogP contribution in [0.25, 0.3) is 0 Å². The first-order valence-electron chi connectivity index (χ1n) is 15.3. The standard InChI is InChI=1S/4C7H10NO2P.CH4O.2BF4.Ni/c4*1-9-11(10-2)7-5-3-4-6-8-7;1-2;2*2-1(3,4)5;/h4*3-6H,1-2H3;2H,1H3;;;/q;;;;;2*-1;/p+6. The molecule has 3 N–H and O–H groups in total. The molecule has 57 heavy (non-hydrogen) atoms. The van der Waals surface area contributed by atoms with E-state index < -0.39 is 48.0 Å². The van der Waals surface area contributed by atoms with Crippen molar-refractivity contribution >= 4 is 69.8 Å². The molecule has 328 valence electrons. The fourth-order valence-electron chi connectivity index (χ4n) is 3.20. The van der Waals surface area contributed by atoms with Crippen LogP contribution in [0.3, 0.4) is 0 Å². The number of aliphatic hydroxyl groups is 1. The molecule has 0 saturated heterocycles. The Hall–Kier alpha value is -1.98. The minimum Gasteiger partial charge on any atom is -0.418 e. The number of pyridine rings is 4. The van der Waals surface area contributed by atoms with Gasteiger partial charge in [0.25, 0.3) is 0 Å². The molecule has 0 atom stereocenters. The Labute approximate surface area is 342 Å². The average Bonchev–Trinajstić information content (AvgIpc) is 3.19. The van der Waals surface area contributed by atoms with Gasteiger partial charge in [-0.05, 0) is 24.3 Å². The van der Waals surface area contributed by atoms with Gasteiger partial charge in [0, 0.05) is 60.3 Å². The predicted molar refractivity (Wildman–Crippen MR) is 211 cm³/mol. The maximum absolute atomic E-state index is 9.75. The van der Waals surface area contributed by atoms with Crippen LogP contribution < -0.4 is 31.7 Å². The van der Waals surface area contributed by atoms with E-state index in [9.17, 15) is 34.5 Å². The fraction of sp³-hybridized carbons (Fsp3) is 0.310. The van der Waals surface area contributed by atoms with Crippen molar-refractivity contribution in [3.8, 4) is 0 Å². The van der Waals surface area contributed by atoms with E-state index in [1.54, 1.807) is 69.3 Å². The van der Waals surface area contributed by atoms with Gasteiger partial charge in [-0.1, -0.05) is 12.1 Å². The van der Waals surface area contributed by atoms with Gasteiger partial charge >= 0.3 is 58.9 Å². The van der Waals surface area contributed by atoms with Crippen molar-refractivity contribution in [2.45, 2.75) is 0 Å². The number of aromatic nitrogens is 4. The molecular formula is C29H50B2F8N4NiO9P4+4. The number of aliphatic hydroxyl groups excluding tert-OH is 1. The van der Waals surface area contributed by atoms with Gasteiger partial charge in [0.2, 0.25) is 10.9 Å². The van der Waals surface area contributed by atoms with Crippen LogP contribution in [0, 0.1) is 0 Å². The molecule has 13 nitrogen and oxygen atoms in total. The zero-order valence-corrected chi connectivity index (χ0v) is 37.3. The summed E-state index contributed by atoms with van der Waals surface area (Å²) in [6.07, 6.45) is 7.19. The van der Waals surface area contributed by atoms with Gasteiger partial charge in [0.1, 0.15) is 0 Å². The first-order chi connectivity index (χ1) is 26.5. The van der Waals surface area contributed by atoms with Gasteiger partial charge < -0.3 is 39.6 Å². The molecule has 0 bridgehead atoms. The molecule has 0 unspecified atom stereocenters.